The van der Waals surface area contributed by atoms with E-state index < -0.39 is 11.9 Å². The van der Waals surface area contributed by atoms with Gasteiger partial charge in [-0.3, -0.25) is 9.59 Å². The minimum absolute atomic E-state index is 0.000958. The van der Waals surface area contributed by atoms with Gasteiger partial charge in [-0.1, -0.05) is 99.0 Å². The molecule has 2 unspecified atom stereocenters. The van der Waals surface area contributed by atoms with Crippen molar-refractivity contribution < 1.29 is 29.3 Å². The molecule has 6 N–H and O–H groups in total. The number of rotatable bonds is 19. The van der Waals surface area contributed by atoms with Crippen LogP contribution < -0.4 is 31.8 Å². The van der Waals surface area contributed by atoms with Crippen molar-refractivity contribution in [3.8, 4) is 0 Å². The van der Waals surface area contributed by atoms with E-state index in [0.29, 0.717) is 18.1 Å². The second kappa shape index (κ2) is 22.1. The summed E-state index contributed by atoms with van der Waals surface area (Å²) in [5.41, 5.74) is 6.93. The zero-order valence-electron chi connectivity index (χ0n) is 42.0. The average Bonchev–Trinajstić information content (AvgIpc) is 4.00. The van der Waals surface area contributed by atoms with Crippen LogP contribution in [0.1, 0.15) is 162 Å². The van der Waals surface area contributed by atoms with E-state index in [0.717, 1.165) is 86.7 Å². The van der Waals surface area contributed by atoms with Crippen molar-refractivity contribution in [2.24, 2.45) is 47.3 Å². The number of hydrogen-bond acceptors (Lipinski definition) is 8. The number of aliphatic hydroxyl groups is 2. The van der Waals surface area contributed by atoms with E-state index in [9.17, 15) is 19.8 Å². The van der Waals surface area contributed by atoms with Gasteiger partial charge in [0.25, 0.3) is 0 Å². The molecule has 0 amide bonds. The lowest BCUT2D eigenvalue weighted by molar-refractivity contribution is -0.143. The fourth-order valence-corrected chi connectivity index (χ4v) is 11.9. The molecule has 2 fully saturated rings. The second-order valence-electron chi connectivity index (χ2n) is 21.2. The minimum atomic E-state index is -0.980. The van der Waals surface area contributed by atoms with Gasteiger partial charge in [0.05, 0.1) is 18.2 Å². The van der Waals surface area contributed by atoms with Crippen LogP contribution in [-0.4, -0.2) is 64.0 Å². The monoisotopic (exact) mass is 897 g/mol. The van der Waals surface area contributed by atoms with Crippen molar-refractivity contribution in [2.75, 3.05) is 13.7 Å². The first kappa shape index (κ1) is 50.2. The lowest BCUT2D eigenvalue weighted by atomic mass is 9.79. The number of hydrogen-bond donors (Lipinski definition) is 6. The normalized spacial score (nSPS) is 27.8. The Morgan fingerprint density at radius 1 is 0.923 bits per heavy atom. The maximum absolute atomic E-state index is 13.7. The molecule has 8 bridgehead atoms. The molecular weight excluding hydrogens is 813 g/mol. The first-order chi connectivity index (χ1) is 30.9. The van der Waals surface area contributed by atoms with Crippen LogP contribution in [0.3, 0.4) is 0 Å². The highest BCUT2D eigenvalue weighted by Crippen LogP contribution is 2.41. The van der Waals surface area contributed by atoms with Gasteiger partial charge >= 0.3 is 11.9 Å². The lowest BCUT2D eigenvalue weighted by Gasteiger charge is -2.26. The van der Waals surface area contributed by atoms with Gasteiger partial charge in [-0.05, 0) is 124 Å². The van der Waals surface area contributed by atoms with Crippen molar-refractivity contribution in [3.63, 3.8) is 0 Å². The lowest BCUT2D eigenvalue weighted by Crippen LogP contribution is -2.40. The molecule has 10 heteroatoms. The molecule has 65 heavy (non-hydrogen) atoms. The number of carbonyl (C=O) groups excluding carboxylic acids is 2. The molecule has 0 aromatic carbocycles. The number of nitrogens with one attached hydrogen (secondary N) is 4. The van der Waals surface area contributed by atoms with E-state index in [-0.39, 0.29) is 72.3 Å². The molecule has 0 radical (unpaired) electrons. The van der Waals surface area contributed by atoms with Crippen molar-refractivity contribution in [1.29, 1.82) is 0 Å². The highest BCUT2D eigenvalue weighted by atomic mass is 16.5. The summed E-state index contributed by atoms with van der Waals surface area (Å²) in [6, 6.07) is -0.373. The van der Waals surface area contributed by atoms with Crippen LogP contribution in [0.5, 0.6) is 0 Å². The first-order valence-electron chi connectivity index (χ1n) is 25.3. The zero-order chi connectivity index (χ0) is 47.3. The number of ether oxygens (including phenoxy) is 2. The molecule has 360 valence electrons. The van der Waals surface area contributed by atoms with E-state index in [1.54, 1.807) is 6.92 Å². The van der Waals surface area contributed by atoms with Crippen molar-refractivity contribution >= 4 is 41.2 Å². The Kier molecular flexibility index (Phi) is 17.1. The fourth-order valence-electron chi connectivity index (χ4n) is 11.9. The standard InChI is InChI=1S/C55H84N4O6/c1-13-39-34(7)41-29-46-48(38(11)60)36(9)43(57-46)27-42-35(8)40(52(58-42)50-51(55(63)64-12)54(62)49-37(10)44(59-53(49)50)28-45(39)56-41)23-24-47(61)65-26-25-33(6)22-16-21-32(5)20-15-19-31(4)18-14-17-30(2)3/h25,28-32,34-35,39-42,51-52,56-60,62H,13-24,26-27H2,1-12H3/b33-25-,45-28-,46-29-,48-38-/t31-,32-,34-,35+,39-,40+,41-,42?,51-,52?/m1/s1. The Morgan fingerprint density at radius 2 is 1.60 bits per heavy atom. The third-order valence-electron chi connectivity index (χ3n) is 16.0. The number of aromatic amines is 2. The van der Waals surface area contributed by atoms with Gasteiger partial charge in [0, 0.05) is 69.8 Å². The third-order valence-corrected chi connectivity index (χ3v) is 16.0. The van der Waals surface area contributed by atoms with Gasteiger partial charge in [0.1, 0.15) is 18.3 Å². The first-order valence-corrected chi connectivity index (χ1v) is 25.3. The number of esters is 2. The van der Waals surface area contributed by atoms with E-state index in [1.807, 2.05) is 6.92 Å². The van der Waals surface area contributed by atoms with Gasteiger partial charge in [0.15, 0.2) is 0 Å². The molecule has 2 aromatic heterocycles. The summed E-state index contributed by atoms with van der Waals surface area (Å²) in [6.45, 7) is 24.4. The number of H-pyrrole nitrogens is 2. The van der Waals surface area contributed by atoms with E-state index >= 15 is 0 Å². The summed E-state index contributed by atoms with van der Waals surface area (Å²) in [7, 11) is 1.37. The van der Waals surface area contributed by atoms with Gasteiger partial charge in [0.2, 0.25) is 0 Å². The van der Waals surface area contributed by atoms with Crippen molar-refractivity contribution in [3.05, 3.63) is 61.0 Å². The Hall–Kier alpha value is -4.18. The molecule has 6 rings (SSSR count). The maximum Gasteiger partial charge on any atom is 0.320 e. The molecule has 5 heterocycles. The van der Waals surface area contributed by atoms with E-state index in [2.05, 4.69) is 101 Å². The number of allylic oxidation sites excluding steroid dienone is 2. The summed E-state index contributed by atoms with van der Waals surface area (Å²) in [6.07, 6.45) is 20.2. The van der Waals surface area contributed by atoms with E-state index in [4.69, 9.17) is 9.47 Å². The van der Waals surface area contributed by atoms with Gasteiger partial charge < -0.3 is 40.3 Å². The molecule has 10 nitrogen and oxygen atoms in total. The van der Waals surface area contributed by atoms with Crippen LogP contribution in [0.4, 0.5) is 0 Å². The number of carbonyl (C=O) groups is 2. The number of aromatic nitrogens is 2. The summed E-state index contributed by atoms with van der Waals surface area (Å²) in [5.74, 6) is 1.44. The summed E-state index contributed by atoms with van der Waals surface area (Å²) in [4.78, 5) is 34.6. The Labute approximate surface area is 389 Å². The molecular formula is C55H84N4O6. The fraction of sp³-hybridized carbons (Fsp3) is 0.673. The Bertz CT molecular complexity index is 2330. The van der Waals surface area contributed by atoms with Crippen LogP contribution in [0.15, 0.2) is 17.3 Å². The van der Waals surface area contributed by atoms with Crippen LogP contribution in [0.2, 0.25) is 0 Å². The van der Waals surface area contributed by atoms with Gasteiger partial charge in [-0.25, -0.2) is 0 Å². The number of methoxy groups -OCH3 is 1. The van der Waals surface area contributed by atoms with Crippen molar-refractivity contribution in [1.82, 2.24) is 20.6 Å². The molecule has 10 atom stereocenters. The van der Waals surface area contributed by atoms with Crippen molar-refractivity contribution in [2.45, 2.75) is 178 Å². The second-order valence-corrected chi connectivity index (χ2v) is 21.2. The molecule has 2 saturated heterocycles. The predicted octanol–water partition coefficient (Wildman–Crippen LogP) is 8.58. The van der Waals surface area contributed by atoms with Crippen LogP contribution in [0, 0.1) is 61.2 Å². The highest BCUT2D eigenvalue weighted by molar-refractivity contribution is 5.95. The molecule has 0 saturated carbocycles. The summed E-state index contributed by atoms with van der Waals surface area (Å²) < 4.78 is 11.2. The molecule has 1 aliphatic carbocycles. The molecule has 0 spiro atoms. The third kappa shape index (κ3) is 11.3. The largest absolute Gasteiger partial charge is 0.512 e. The molecule has 4 aliphatic rings. The van der Waals surface area contributed by atoms with E-state index in [1.165, 1.54) is 57.6 Å². The van der Waals surface area contributed by atoms with Crippen LogP contribution in [-0.2, 0) is 25.5 Å². The zero-order valence-corrected chi connectivity index (χ0v) is 42.0. The maximum atomic E-state index is 13.7. The molecule has 3 aliphatic heterocycles. The van der Waals surface area contributed by atoms with Gasteiger partial charge in [-0.2, -0.15) is 0 Å². The Balaban J connectivity index is 1.20. The van der Waals surface area contributed by atoms with Gasteiger partial charge in [-0.15, -0.1) is 0 Å². The Morgan fingerprint density at radius 3 is 2.25 bits per heavy atom. The highest BCUT2D eigenvalue weighted by Gasteiger charge is 2.48. The number of aliphatic hydroxyl groups excluding tert-OH is 2. The quantitative estimate of drug-likeness (QED) is 0.0607. The van der Waals surface area contributed by atoms with Crippen LogP contribution in [0.25, 0.3) is 29.2 Å². The predicted molar refractivity (Wildman–Crippen MR) is 264 cm³/mol. The SMILES string of the molecule is CC[C@H]1/C2=C/c3[nH]c4c(c3C)=C(O)[C@H](C(=O)OC)C=4C3NC(Cc4[nH]c(/c(=C(/C)O)c4C)=C\[C@@H](N2)[C@@H]1C)[C@@H](C)[C@@H]3CCC(=O)OC/C=C(/C)CCC[C@H](C)CCC[C@H](C)CCCC(C)C. The average molecular weight is 897 g/mol. The number of fused-ring (bicyclic) bond motifs is 8. The summed E-state index contributed by atoms with van der Waals surface area (Å²) in [5, 5.41) is 33.9. The minimum Gasteiger partial charge on any atom is -0.512 e. The van der Waals surface area contributed by atoms with Crippen LogP contribution >= 0.6 is 0 Å². The topological polar surface area (TPSA) is 149 Å². The summed E-state index contributed by atoms with van der Waals surface area (Å²) >= 11 is 0. The molecule has 2 aromatic rings. The smallest absolute Gasteiger partial charge is 0.320 e.